The van der Waals surface area contributed by atoms with Crippen LogP contribution in [0.2, 0.25) is 0 Å². The first kappa shape index (κ1) is 13.4. The average molecular weight is 286 g/mol. The van der Waals surface area contributed by atoms with E-state index in [1.807, 2.05) is 48.1 Å². The molecule has 0 saturated heterocycles. The van der Waals surface area contributed by atoms with Crippen LogP contribution in [-0.4, -0.2) is 34.7 Å². The van der Waals surface area contributed by atoms with Crippen LogP contribution in [0.4, 0.5) is 10.2 Å². The lowest BCUT2D eigenvalue weighted by Crippen LogP contribution is -1.98. The second-order valence-electron chi connectivity index (χ2n) is 4.46. The average Bonchev–Trinajstić information content (AvgIpc) is 2.96. The molecule has 1 aromatic carbocycles. The van der Waals surface area contributed by atoms with E-state index in [4.69, 9.17) is 4.74 Å². The van der Waals surface area contributed by atoms with Crippen LogP contribution in [0.25, 0.3) is 17.0 Å². The minimum absolute atomic E-state index is 0.0572. The highest BCUT2D eigenvalue weighted by molar-refractivity contribution is 5.63. The molecule has 0 saturated carbocycles. The maximum atomic E-state index is 12.2. The number of hydrogen-bond donors (Lipinski definition) is 1. The van der Waals surface area contributed by atoms with E-state index in [0.29, 0.717) is 11.5 Å². The third-order valence-corrected chi connectivity index (χ3v) is 3.06. The second kappa shape index (κ2) is 5.78. The van der Waals surface area contributed by atoms with Crippen LogP contribution in [0.15, 0.2) is 42.7 Å². The molecular weight excluding hydrogens is 271 g/mol. The van der Waals surface area contributed by atoms with E-state index in [0.717, 1.165) is 17.1 Å². The second-order valence-corrected chi connectivity index (χ2v) is 4.46. The Bertz CT molecular complexity index is 756. The van der Waals surface area contributed by atoms with Crippen molar-refractivity contribution in [1.82, 2.24) is 14.4 Å². The van der Waals surface area contributed by atoms with E-state index >= 15 is 0 Å². The lowest BCUT2D eigenvalue weighted by molar-refractivity contribution is 0.273. The van der Waals surface area contributed by atoms with Crippen molar-refractivity contribution < 1.29 is 9.13 Å². The summed E-state index contributed by atoms with van der Waals surface area (Å²) in [7, 11) is 1.81. The summed E-state index contributed by atoms with van der Waals surface area (Å²) in [6.07, 6.45) is 3.80. The fraction of sp³-hybridized carbons (Fsp3) is 0.200. The van der Waals surface area contributed by atoms with Crippen molar-refractivity contribution in [2.45, 2.75) is 0 Å². The van der Waals surface area contributed by atoms with Crippen molar-refractivity contribution >= 4 is 11.6 Å². The number of imidazole rings is 1. The molecule has 5 nitrogen and oxygen atoms in total. The molecule has 3 rings (SSSR count). The summed E-state index contributed by atoms with van der Waals surface area (Å²) in [4.78, 5) is 8.87. The Morgan fingerprint density at radius 3 is 3.00 bits per heavy atom. The number of halogens is 1. The van der Waals surface area contributed by atoms with Gasteiger partial charge in [-0.1, -0.05) is 12.1 Å². The molecule has 0 aliphatic heterocycles. The van der Waals surface area contributed by atoms with Gasteiger partial charge in [-0.2, -0.15) is 4.98 Å². The van der Waals surface area contributed by atoms with Gasteiger partial charge in [-0.25, -0.2) is 9.37 Å². The maximum absolute atomic E-state index is 12.2. The molecule has 0 fully saturated rings. The molecule has 2 aromatic heterocycles. The first-order chi connectivity index (χ1) is 10.3. The van der Waals surface area contributed by atoms with E-state index in [-0.39, 0.29) is 6.61 Å². The Morgan fingerprint density at radius 1 is 1.29 bits per heavy atom. The minimum Gasteiger partial charge on any atom is -0.491 e. The zero-order chi connectivity index (χ0) is 14.7. The highest BCUT2D eigenvalue weighted by Gasteiger charge is 2.07. The number of anilines is 1. The highest BCUT2D eigenvalue weighted by atomic mass is 19.1. The first-order valence-electron chi connectivity index (χ1n) is 6.63. The predicted molar refractivity (Wildman–Crippen MR) is 79.4 cm³/mol. The molecule has 2 heterocycles. The fourth-order valence-electron chi connectivity index (χ4n) is 2.05. The van der Waals surface area contributed by atoms with E-state index in [1.165, 1.54) is 0 Å². The van der Waals surface area contributed by atoms with Gasteiger partial charge in [0.25, 0.3) is 0 Å². The Balaban J connectivity index is 1.96. The summed E-state index contributed by atoms with van der Waals surface area (Å²) >= 11 is 0. The fourth-order valence-corrected chi connectivity index (χ4v) is 2.05. The quantitative estimate of drug-likeness (QED) is 0.783. The monoisotopic (exact) mass is 286 g/mol. The van der Waals surface area contributed by atoms with Gasteiger partial charge >= 0.3 is 0 Å². The molecule has 0 aliphatic rings. The first-order valence-corrected chi connectivity index (χ1v) is 6.63. The van der Waals surface area contributed by atoms with Gasteiger partial charge in [0.2, 0.25) is 5.78 Å². The zero-order valence-corrected chi connectivity index (χ0v) is 11.6. The van der Waals surface area contributed by atoms with E-state index in [2.05, 4.69) is 15.3 Å². The van der Waals surface area contributed by atoms with Crippen LogP contribution >= 0.6 is 0 Å². The number of benzene rings is 1. The van der Waals surface area contributed by atoms with Crippen molar-refractivity contribution in [1.29, 1.82) is 0 Å². The van der Waals surface area contributed by atoms with Crippen LogP contribution in [0.1, 0.15) is 0 Å². The summed E-state index contributed by atoms with van der Waals surface area (Å²) in [5.74, 6) is 2.01. The van der Waals surface area contributed by atoms with Crippen molar-refractivity contribution in [3.8, 4) is 17.0 Å². The molecule has 0 radical (unpaired) electrons. The lowest BCUT2D eigenvalue weighted by atomic mass is 10.1. The van der Waals surface area contributed by atoms with E-state index in [9.17, 15) is 4.39 Å². The Hall–Kier alpha value is -2.63. The van der Waals surface area contributed by atoms with E-state index < -0.39 is 6.67 Å². The summed E-state index contributed by atoms with van der Waals surface area (Å²) in [6, 6.07) is 9.31. The molecule has 3 aromatic rings. The Kier molecular flexibility index (Phi) is 3.68. The van der Waals surface area contributed by atoms with Gasteiger partial charge in [0.1, 0.15) is 24.8 Å². The van der Waals surface area contributed by atoms with Gasteiger partial charge in [-0.3, -0.25) is 4.40 Å². The van der Waals surface area contributed by atoms with Crippen molar-refractivity contribution in [3.63, 3.8) is 0 Å². The van der Waals surface area contributed by atoms with Crippen LogP contribution < -0.4 is 10.1 Å². The maximum Gasteiger partial charge on any atom is 0.236 e. The zero-order valence-electron chi connectivity index (χ0n) is 11.6. The standard InChI is InChI=1S/C15H15FN4O/c1-17-14-5-7-20-10-13(18-15(20)19-14)11-3-2-4-12(9-11)21-8-6-16/h2-5,7,9-10H,6,8H2,1H3,(H,17,18,19). The largest absolute Gasteiger partial charge is 0.491 e. The highest BCUT2D eigenvalue weighted by Crippen LogP contribution is 2.23. The van der Waals surface area contributed by atoms with Gasteiger partial charge in [-0.05, 0) is 18.2 Å². The molecule has 0 atom stereocenters. The Morgan fingerprint density at radius 2 is 2.19 bits per heavy atom. The lowest BCUT2D eigenvalue weighted by Gasteiger charge is -2.04. The summed E-state index contributed by atoms with van der Waals surface area (Å²) < 4.78 is 19.3. The number of alkyl halides is 1. The molecule has 0 spiro atoms. The Labute approximate surface area is 121 Å². The molecule has 0 unspecified atom stereocenters. The van der Waals surface area contributed by atoms with Gasteiger partial charge in [0.05, 0.1) is 5.69 Å². The van der Waals surface area contributed by atoms with Gasteiger partial charge in [0.15, 0.2) is 0 Å². The number of nitrogens with zero attached hydrogens (tertiary/aromatic N) is 3. The van der Waals surface area contributed by atoms with Crippen LogP contribution in [-0.2, 0) is 0 Å². The third-order valence-electron chi connectivity index (χ3n) is 3.06. The molecule has 0 aliphatic carbocycles. The smallest absolute Gasteiger partial charge is 0.236 e. The van der Waals surface area contributed by atoms with Gasteiger partial charge < -0.3 is 10.1 Å². The van der Waals surface area contributed by atoms with Crippen molar-refractivity contribution in [3.05, 3.63) is 42.7 Å². The van der Waals surface area contributed by atoms with Crippen LogP contribution in [0.5, 0.6) is 5.75 Å². The molecule has 0 bridgehead atoms. The number of ether oxygens (including phenoxy) is 1. The normalized spacial score (nSPS) is 10.8. The minimum atomic E-state index is -0.505. The predicted octanol–water partition coefficient (Wildman–Crippen LogP) is 2.79. The number of nitrogens with one attached hydrogen (secondary N) is 1. The number of rotatable bonds is 5. The third kappa shape index (κ3) is 2.79. The summed E-state index contributed by atoms with van der Waals surface area (Å²) in [5.41, 5.74) is 1.70. The summed E-state index contributed by atoms with van der Waals surface area (Å²) in [5, 5.41) is 2.98. The topological polar surface area (TPSA) is 51.5 Å². The SMILES string of the molecule is CNc1ccn2cc(-c3cccc(OCCF)c3)nc2n1. The molecule has 1 N–H and O–H groups in total. The van der Waals surface area contributed by atoms with Crippen molar-refractivity contribution in [2.24, 2.45) is 0 Å². The number of fused-ring (bicyclic) bond motifs is 1. The van der Waals surface area contributed by atoms with Crippen LogP contribution in [0, 0.1) is 0 Å². The van der Waals surface area contributed by atoms with Crippen LogP contribution in [0.3, 0.4) is 0 Å². The molecule has 21 heavy (non-hydrogen) atoms. The molecule has 6 heteroatoms. The van der Waals surface area contributed by atoms with Gasteiger partial charge in [0, 0.05) is 25.0 Å². The van der Waals surface area contributed by atoms with E-state index in [1.54, 1.807) is 6.07 Å². The number of aromatic nitrogens is 3. The van der Waals surface area contributed by atoms with Crippen molar-refractivity contribution in [2.75, 3.05) is 25.6 Å². The number of hydrogen-bond acceptors (Lipinski definition) is 4. The molecule has 0 amide bonds. The molecular formula is C15H15FN4O. The molecule has 108 valence electrons. The summed E-state index contributed by atoms with van der Waals surface area (Å²) in [6.45, 7) is -0.447. The van der Waals surface area contributed by atoms with Gasteiger partial charge in [-0.15, -0.1) is 0 Å².